The second kappa shape index (κ2) is 13.7. The van der Waals surface area contributed by atoms with Crippen LogP contribution in [0.25, 0.3) is 89.7 Å². The van der Waals surface area contributed by atoms with Gasteiger partial charge in [-0.1, -0.05) is 140 Å². The van der Waals surface area contributed by atoms with Gasteiger partial charge in [-0.3, -0.25) is 9.97 Å². The first-order valence-electron chi connectivity index (χ1n) is 21.3. The van der Waals surface area contributed by atoms with Crippen molar-refractivity contribution < 1.29 is 8.42 Å². The first-order valence-corrected chi connectivity index (χ1v) is 22.8. The van der Waals surface area contributed by atoms with Crippen LogP contribution in [-0.4, -0.2) is 28.4 Å². The molecule has 0 radical (unpaired) electrons. The zero-order valence-corrected chi connectivity index (χ0v) is 35.0. The molecule has 3 aliphatic rings. The predicted molar refractivity (Wildman–Crippen MR) is 252 cm³/mol. The Hall–Kier alpha value is -8.13. The van der Waals surface area contributed by atoms with E-state index in [1.807, 2.05) is 85.2 Å². The number of fused-ring (bicyclic) bond motifs is 16. The van der Waals surface area contributed by atoms with Crippen LogP contribution in [0.5, 0.6) is 0 Å². The Morgan fingerprint density at radius 1 is 0.375 bits per heavy atom. The molecule has 0 amide bonds. The minimum absolute atomic E-state index is 0.350. The predicted octanol–water partition coefficient (Wildman–Crippen LogP) is 12.8. The Morgan fingerprint density at radius 3 is 1.72 bits per heavy atom. The van der Waals surface area contributed by atoms with Gasteiger partial charge in [0.15, 0.2) is 5.82 Å². The van der Waals surface area contributed by atoms with Gasteiger partial charge in [0.25, 0.3) is 0 Å². The molecule has 0 bridgehead atoms. The molecule has 1 aliphatic heterocycles. The Balaban J connectivity index is 1.11. The van der Waals surface area contributed by atoms with E-state index in [0.717, 1.165) is 106 Å². The number of hydrogen-bond acceptors (Lipinski definition) is 6. The molecule has 10 aromatic rings. The van der Waals surface area contributed by atoms with E-state index in [-0.39, 0.29) is 0 Å². The van der Waals surface area contributed by atoms with Crippen molar-refractivity contribution in [3.05, 3.63) is 229 Å². The lowest BCUT2D eigenvalue weighted by Crippen LogP contribution is -2.29. The van der Waals surface area contributed by atoms with Crippen molar-refractivity contribution in [2.75, 3.05) is 0 Å². The van der Waals surface area contributed by atoms with Gasteiger partial charge in [0.2, 0.25) is 9.84 Å². The van der Waals surface area contributed by atoms with E-state index in [1.54, 1.807) is 12.3 Å². The monoisotopic (exact) mass is 838 g/mol. The molecule has 0 saturated carbocycles. The van der Waals surface area contributed by atoms with Gasteiger partial charge >= 0.3 is 0 Å². The Morgan fingerprint density at radius 2 is 0.984 bits per heavy atom. The highest BCUT2D eigenvalue weighted by Gasteiger charge is 2.52. The van der Waals surface area contributed by atoms with Crippen molar-refractivity contribution in [1.82, 2.24) is 19.9 Å². The smallest absolute Gasteiger partial charge is 0.207 e. The maximum Gasteiger partial charge on any atom is 0.207 e. The standard InChI is InChI=1S/C57H34N4O2S/c62-64(63)52-23-11-8-20-44(52)55-53(64)29-27-47-54(55)43-19-7-10-22-46(43)57(47)45-21-9-6-18-41(45)39-16-4-5-17-40(39)42-26-24-36(31-48(42)57)50-32-51(61-56(60-50)35-13-2-1-3-14-35)38-25-28-49(59-34-38)37-15-12-30-58-33-37/h1-34H. The molecule has 13 rings (SSSR count). The van der Waals surface area contributed by atoms with Crippen LogP contribution in [0.15, 0.2) is 216 Å². The maximum absolute atomic E-state index is 14.3. The van der Waals surface area contributed by atoms with Gasteiger partial charge in [-0.2, -0.15) is 0 Å². The summed E-state index contributed by atoms with van der Waals surface area (Å²) in [4.78, 5) is 20.3. The maximum atomic E-state index is 14.3. The molecule has 6 nitrogen and oxygen atoms in total. The fraction of sp³-hybridized carbons (Fsp3) is 0.0175. The molecule has 4 heterocycles. The van der Waals surface area contributed by atoms with Crippen LogP contribution in [0.1, 0.15) is 22.3 Å². The van der Waals surface area contributed by atoms with Crippen LogP contribution in [0.2, 0.25) is 0 Å². The third kappa shape index (κ3) is 5.10. The number of pyridine rings is 2. The molecule has 3 aromatic heterocycles. The first-order chi connectivity index (χ1) is 31.5. The van der Waals surface area contributed by atoms with Gasteiger partial charge in [0, 0.05) is 52.0 Å². The zero-order chi connectivity index (χ0) is 42.6. The van der Waals surface area contributed by atoms with Crippen LogP contribution in [0, 0.1) is 0 Å². The summed E-state index contributed by atoms with van der Waals surface area (Å²) < 4.78 is 28.6. The number of nitrogens with zero attached hydrogens (tertiary/aromatic N) is 4. The van der Waals surface area contributed by atoms with Gasteiger partial charge in [-0.15, -0.1) is 0 Å². The topological polar surface area (TPSA) is 85.7 Å². The number of rotatable bonds is 4. The van der Waals surface area contributed by atoms with Crippen molar-refractivity contribution >= 4 is 9.84 Å². The molecule has 7 aromatic carbocycles. The van der Waals surface area contributed by atoms with Crippen molar-refractivity contribution in [1.29, 1.82) is 0 Å². The third-order valence-electron chi connectivity index (χ3n) is 13.2. The van der Waals surface area contributed by atoms with E-state index in [9.17, 15) is 8.42 Å². The highest BCUT2D eigenvalue weighted by Crippen LogP contribution is 2.65. The van der Waals surface area contributed by atoms with E-state index in [4.69, 9.17) is 15.0 Å². The molecule has 300 valence electrons. The average Bonchev–Trinajstić information content (AvgIpc) is 3.75. The quantitative estimate of drug-likeness (QED) is 0.175. The van der Waals surface area contributed by atoms with Crippen LogP contribution < -0.4 is 0 Å². The summed E-state index contributed by atoms with van der Waals surface area (Å²) in [6, 6.07) is 64.2. The van der Waals surface area contributed by atoms with Crippen molar-refractivity contribution in [2.24, 2.45) is 0 Å². The van der Waals surface area contributed by atoms with E-state index in [1.165, 1.54) is 0 Å². The fourth-order valence-corrected chi connectivity index (χ4v) is 12.2. The molecule has 64 heavy (non-hydrogen) atoms. The average molecular weight is 839 g/mol. The molecule has 0 fully saturated rings. The Bertz CT molecular complexity index is 3680. The molecule has 0 saturated heterocycles. The number of hydrogen-bond donors (Lipinski definition) is 0. The van der Waals surface area contributed by atoms with Crippen molar-refractivity contribution in [2.45, 2.75) is 15.2 Å². The van der Waals surface area contributed by atoms with Crippen LogP contribution in [0.3, 0.4) is 0 Å². The minimum atomic E-state index is -3.74. The second-order valence-corrected chi connectivity index (χ2v) is 18.4. The van der Waals surface area contributed by atoms with Gasteiger partial charge in [0.05, 0.1) is 32.3 Å². The fourth-order valence-electron chi connectivity index (χ4n) is 10.5. The zero-order valence-electron chi connectivity index (χ0n) is 34.1. The van der Waals surface area contributed by atoms with Crippen LogP contribution >= 0.6 is 0 Å². The molecule has 2 aliphatic carbocycles. The van der Waals surface area contributed by atoms with E-state index >= 15 is 0 Å². The minimum Gasteiger partial charge on any atom is -0.264 e. The summed E-state index contributed by atoms with van der Waals surface area (Å²) in [7, 11) is -3.74. The molecular formula is C57H34N4O2S. The summed E-state index contributed by atoms with van der Waals surface area (Å²) >= 11 is 0. The van der Waals surface area contributed by atoms with Crippen LogP contribution in [-0.2, 0) is 15.3 Å². The largest absolute Gasteiger partial charge is 0.264 e. The molecule has 1 unspecified atom stereocenters. The van der Waals surface area contributed by atoms with Crippen LogP contribution in [0.4, 0.5) is 0 Å². The third-order valence-corrected chi connectivity index (χ3v) is 15.1. The molecule has 0 N–H and O–H groups in total. The van der Waals surface area contributed by atoms with Gasteiger partial charge in [-0.25, -0.2) is 18.4 Å². The molecular weight excluding hydrogens is 805 g/mol. The Kier molecular flexibility index (Phi) is 7.81. The van der Waals surface area contributed by atoms with Gasteiger partial charge in [0.1, 0.15) is 0 Å². The lowest BCUT2D eigenvalue weighted by molar-refractivity contribution is 0.598. The highest BCUT2D eigenvalue weighted by molar-refractivity contribution is 7.92. The summed E-state index contributed by atoms with van der Waals surface area (Å²) in [6.45, 7) is 0. The summed E-state index contributed by atoms with van der Waals surface area (Å²) in [6.07, 6.45) is 5.44. The first kappa shape index (κ1) is 36.5. The summed E-state index contributed by atoms with van der Waals surface area (Å²) in [5.41, 5.74) is 17.5. The van der Waals surface area contributed by atoms with Crippen molar-refractivity contribution in [3.63, 3.8) is 0 Å². The SMILES string of the molecule is O=S1(=O)c2ccccc2-c2c1ccc1c2-c2ccccc2C12c1ccccc1-c1ccccc1-c1ccc(-c3cc(-c4ccc(-c5cccnc5)nc4)nc(-c4ccccc4)n3)cc12. The van der Waals surface area contributed by atoms with E-state index in [0.29, 0.717) is 15.6 Å². The lowest BCUT2D eigenvalue weighted by Gasteiger charge is -2.35. The number of sulfone groups is 1. The molecule has 1 spiro atoms. The number of aromatic nitrogens is 4. The van der Waals surface area contributed by atoms with Gasteiger partial charge < -0.3 is 0 Å². The second-order valence-electron chi connectivity index (χ2n) is 16.5. The van der Waals surface area contributed by atoms with Crippen molar-refractivity contribution in [3.8, 4) is 89.7 Å². The van der Waals surface area contributed by atoms with E-state index in [2.05, 4.69) is 114 Å². The lowest BCUT2D eigenvalue weighted by atomic mass is 9.65. The van der Waals surface area contributed by atoms with E-state index < -0.39 is 15.3 Å². The molecule has 1 atom stereocenters. The normalized spacial score (nSPS) is 15.5. The molecule has 7 heteroatoms. The summed E-state index contributed by atoms with van der Waals surface area (Å²) in [5, 5.41) is 0. The number of benzene rings is 7. The van der Waals surface area contributed by atoms with Gasteiger partial charge in [-0.05, 0) is 104 Å². The summed E-state index contributed by atoms with van der Waals surface area (Å²) in [5.74, 6) is 0.608. The highest BCUT2D eigenvalue weighted by atomic mass is 32.2. The Labute approximate surface area is 370 Å².